The number of carboxylic acids is 1. The van der Waals surface area contributed by atoms with Crippen LogP contribution in [-0.4, -0.2) is 11.1 Å². The van der Waals surface area contributed by atoms with Gasteiger partial charge in [-0.25, -0.2) is 4.79 Å². The van der Waals surface area contributed by atoms with Crippen LogP contribution in [-0.2, 0) is 11.2 Å². The lowest BCUT2D eigenvalue weighted by atomic mass is 10.0. The molecule has 112 valence electrons. The molecule has 0 aromatic heterocycles. The third kappa shape index (κ3) is 3.35. The maximum Gasteiger partial charge on any atom is 0.343 e. The van der Waals surface area contributed by atoms with Gasteiger partial charge in [0.1, 0.15) is 4.91 Å². The van der Waals surface area contributed by atoms with Gasteiger partial charge in [-0.2, -0.15) is 0 Å². The Morgan fingerprint density at radius 2 is 1.86 bits per heavy atom. The van der Waals surface area contributed by atoms with Crippen molar-refractivity contribution in [2.45, 2.75) is 6.42 Å². The molecule has 0 atom stereocenters. The number of thioether (sulfide) groups is 4. The van der Waals surface area contributed by atoms with E-state index in [0.29, 0.717) is 11.3 Å². The van der Waals surface area contributed by atoms with Crippen LogP contribution in [0, 0.1) is 0 Å². The van der Waals surface area contributed by atoms with E-state index < -0.39 is 5.97 Å². The first-order valence-electron chi connectivity index (χ1n) is 6.44. The van der Waals surface area contributed by atoms with E-state index in [1.807, 2.05) is 41.2 Å². The predicted molar refractivity (Wildman–Crippen MR) is 101 cm³/mol. The SMILES string of the molecule is C=Cc1ccccc1CC1=C(C(=O)O)SC(=C2SC=CS2)S1. The quantitative estimate of drug-likeness (QED) is 0.736. The van der Waals surface area contributed by atoms with Gasteiger partial charge in [0.05, 0.1) is 8.47 Å². The average molecular weight is 365 g/mol. The van der Waals surface area contributed by atoms with Gasteiger partial charge in [0.15, 0.2) is 0 Å². The molecule has 0 fully saturated rings. The largest absolute Gasteiger partial charge is 0.477 e. The van der Waals surface area contributed by atoms with Gasteiger partial charge in [0, 0.05) is 11.3 Å². The molecule has 2 nitrogen and oxygen atoms in total. The van der Waals surface area contributed by atoms with Gasteiger partial charge < -0.3 is 5.11 Å². The number of hydrogen-bond donors (Lipinski definition) is 1. The Morgan fingerprint density at radius 1 is 1.14 bits per heavy atom. The van der Waals surface area contributed by atoms with Crippen molar-refractivity contribution in [3.05, 3.63) is 71.1 Å². The van der Waals surface area contributed by atoms with Crippen molar-refractivity contribution < 1.29 is 9.90 Å². The summed E-state index contributed by atoms with van der Waals surface area (Å²) in [5.74, 6) is -0.847. The van der Waals surface area contributed by atoms with Crippen molar-refractivity contribution in [1.82, 2.24) is 0 Å². The fourth-order valence-electron chi connectivity index (χ4n) is 2.06. The van der Waals surface area contributed by atoms with Gasteiger partial charge in [-0.1, -0.05) is 84.0 Å². The van der Waals surface area contributed by atoms with Gasteiger partial charge in [0.2, 0.25) is 0 Å². The summed E-state index contributed by atoms with van der Waals surface area (Å²) < 4.78 is 2.24. The van der Waals surface area contributed by atoms with Gasteiger partial charge in [0.25, 0.3) is 0 Å². The van der Waals surface area contributed by atoms with E-state index in [1.165, 1.54) is 16.0 Å². The molecule has 0 saturated heterocycles. The second-order valence-electron chi connectivity index (χ2n) is 4.42. The Balaban J connectivity index is 1.89. The molecule has 0 unspecified atom stereocenters. The summed E-state index contributed by atoms with van der Waals surface area (Å²) in [6.07, 6.45) is 2.44. The van der Waals surface area contributed by atoms with Crippen LogP contribution in [0.25, 0.3) is 6.08 Å². The van der Waals surface area contributed by atoms with Gasteiger partial charge >= 0.3 is 5.97 Å². The Bertz CT molecular complexity index is 721. The number of carbonyl (C=O) groups is 1. The van der Waals surface area contributed by atoms with Gasteiger partial charge in [-0.15, -0.1) is 0 Å². The summed E-state index contributed by atoms with van der Waals surface area (Å²) in [7, 11) is 0. The van der Waals surface area contributed by atoms with E-state index in [-0.39, 0.29) is 0 Å². The Morgan fingerprint density at radius 3 is 2.55 bits per heavy atom. The molecule has 2 aliphatic rings. The molecule has 0 aliphatic carbocycles. The summed E-state index contributed by atoms with van der Waals surface area (Å²) in [6, 6.07) is 7.97. The van der Waals surface area contributed by atoms with Gasteiger partial charge in [-0.3, -0.25) is 0 Å². The molecule has 6 heteroatoms. The third-order valence-electron chi connectivity index (χ3n) is 3.06. The lowest BCUT2D eigenvalue weighted by molar-refractivity contribution is -0.131. The van der Waals surface area contributed by atoms with Crippen molar-refractivity contribution in [1.29, 1.82) is 0 Å². The lowest BCUT2D eigenvalue weighted by Crippen LogP contribution is -1.99. The van der Waals surface area contributed by atoms with Crippen LogP contribution in [0.4, 0.5) is 0 Å². The molecule has 0 amide bonds. The highest BCUT2D eigenvalue weighted by atomic mass is 32.2. The molecular weight excluding hydrogens is 352 g/mol. The first-order valence-corrected chi connectivity index (χ1v) is 9.83. The van der Waals surface area contributed by atoms with Crippen LogP contribution in [0.2, 0.25) is 0 Å². The van der Waals surface area contributed by atoms with Crippen molar-refractivity contribution in [3.63, 3.8) is 0 Å². The van der Waals surface area contributed by atoms with Crippen molar-refractivity contribution in [2.24, 2.45) is 0 Å². The highest BCUT2D eigenvalue weighted by Crippen LogP contribution is 2.56. The standard InChI is InChI=1S/C16H12O2S4/c1-2-10-5-3-4-6-11(10)9-12-13(14(17)18)22-16(21-12)15-19-7-8-20-15/h2-8H,1,9H2,(H,17,18). The summed E-state index contributed by atoms with van der Waals surface area (Å²) in [5.41, 5.74) is 2.16. The third-order valence-corrected chi connectivity index (χ3v) is 8.33. The summed E-state index contributed by atoms with van der Waals surface area (Å²) in [6.45, 7) is 3.83. The number of hydrogen-bond acceptors (Lipinski definition) is 5. The van der Waals surface area contributed by atoms with Crippen LogP contribution in [0.3, 0.4) is 0 Å². The molecule has 0 bridgehead atoms. The highest BCUT2D eigenvalue weighted by Gasteiger charge is 2.29. The monoisotopic (exact) mass is 364 g/mol. The molecular formula is C16H12O2S4. The highest BCUT2D eigenvalue weighted by molar-refractivity contribution is 8.34. The summed E-state index contributed by atoms with van der Waals surface area (Å²) in [4.78, 5) is 12.9. The smallest absolute Gasteiger partial charge is 0.343 e. The Labute approximate surface area is 146 Å². The van der Waals surface area contributed by atoms with Crippen LogP contribution in [0.5, 0.6) is 0 Å². The van der Waals surface area contributed by atoms with Gasteiger partial charge in [-0.05, 0) is 21.9 Å². The summed E-state index contributed by atoms with van der Waals surface area (Å²) in [5, 5.41) is 13.5. The topological polar surface area (TPSA) is 37.3 Å². The molecule has 22 heavy (non-hydrogen) atoms. The lowest BCUT2D eigenvalue weighted by Gasteiger charge is -2.07. The zero-order valence-corrected chi connectivity index (χ0v) is 14.7. The molecule has 3 rings (SSSR count). The minimum atomic E-state index is -0.847. The average Bonchev–Trinajstić information content (AvgIpc) is 3.16. The van der Waals surface area contributed by atoms with E-state index in [9.17, 15) is 9.90 Å². The molecule has 2 aliphatic heterocycles. The van der Waals surface area contributed by atoms with E-state index in [1.54, 1.807) is 35.3 Å². The summed E-state index contributed by atoms with van der Waals surface area (Å²) >= 11 is 6.26. The fourth-order valence-corrected chi connectivity index (χ4v) is 6.80. The number of carboxylic acid groups (broad SMARTS) is 1. The second kappa shape index (κ2) is 7.08. The van der Waals surface area contributed by atoms with Crippen molar-refractivity contribution in [3.8, 4) is 0 Å². The Kier molecular flexibility index (Phi) is 5.13. The van der Waals surface area contributed by atoms with Crippen molar-refractivity contribution in [2.75, 3.05) is 0 Å². The molecule has 0 saturated carbocycles. The minimum Gasteiger partial charge on any atom is -0.477 e. The van der Waals surface area contributed by atoms with E-state index in [2.05, 4.69) is 6.58 Å². The predicted octanol–water partition coefficient (Wildman–Crippen LogP) is 5.73. The van der Waals surface area contributed by atoms with Crippen LogP contribution >= 0.6 is 47.0 Å². The normalized spacial score (nSPS) is 17.5. The van der Waals surface area contributed by atoms with Crippen molar-refractivity contribution >= 4 is 59.1 Å². The Hall–Kier alpha value is -0.950. The van der Waals surface area contributed by atoms with E-state index in [0.717, 1.165) is 20.3 Å². The molecule has 1 N–H and O–H groups in total. The molecule has 0 spiro atoms. The zero-order chi connectivity index (χ0) is 15.5. The first kappa shape index (κ1) is 15.9. The minimum absolute atomic E-state index is 0.444. The number of allylic oxidation sites excluding steroid dienone is 1. The molecule has 2 heterocycles. The van der Waals surface area contributed by atoms with E-state index >= 15 is 0 Å². The number of rotatable bonds is 4. The number of benzene rings is 1. The van der Waals surface area contributed by atoms with Crippen LogP contribution < -0.4 is 0 Å². The molecule has 1 aromatic carbocycles. The maximum absolute atomic E-state index is 11.6. The van der Waals surface area contributed by atoms with E-state index in [4.69, 9.17) is 0 Å². The first-order chi connectivity index (χ1) is 10.7. The zero-order valence-electron chi connectivity index (χ0n) is 11.4. The van der Waals surface area contributed by atoms with Crippen LogP contribution in [0.1, 0.15) is 11.1 Å². The molecule has 0 radical (unpaired) electrons. The number of aliphatic carboxylic acids is 1. The second-order valence-corrected chi connectivity index (χ2v) is 8.90. The maximum atomic E-state index is 11.6. The van der Waals surface area contributed by atoms with Crippen LogP contribution in [0.15, 0.2) is 59.9 Å². The fraction of sp³-hybridized carbons (Fsp3) is 0.0625. The molecule has 1 aromatic rings.